The molecule has 0 fully saturated rings. The summed E-state index contributed by atoms with van der Waals surface area (Å²) in [6.45, 7) is 3.95. The summed E-state index contributed by atoms with van der Waals surface area (Å²) in [4.78, 5) is 13.5. The van der Waals surface area contributed by atoms with Crippen LogP contribution in [0.1, 0.15) is 22.7 Å². The molecule has 0 aliphatic carbocycles. The number of nitrogens with zero attached hydrogens (tertiary/aromatic N) is 3. The fourth-order valence-electron chi connectivity index (χ4n) is 3.82. The quantitative estimate of drug-likeness (QED) is 0.444. The van der Waals surface area contributed by atoms with E-state index in [0.717, 1.165) is 27.9 Å². The molecule has 3 aromatic carbocycles. The zero-order chi connectivity index (χ0) is 22.9. The molecule has 33 heavy (non-hydrogen) atoms. The number of anilines is 1. The van der Waals surface area contributed by atoms with Gasteiger partial charge in [0, 0.05) is 11.3 Å². The Morgan fingerprint density at radius 1 is 1.03 bits per heavy atom. The maximum Gasteiger partial charge on any atom is 0.240 e. The zero-order valence-electron chi connectivity index (χ0n) is 18.1. The number of carbonyl (C=O) groups excluding carboxylic acids is 1. The Labute approximate surface area is 195 Å². The lowest BCUT2D eigenvalue weighted by molar-refractivity contribution is -0.116. The molecule has 1 aliphatic heterocycles. The highest BCUT2D eigenvalue weighted by Crippen LogP contribution is 2.39. The van der Waals surface area contributed by atoms with E-state index in [9.17, 15) is 9.18 Å². The number of thioether (sulfide) groups is 1. The molecule has 8 heteroatoms. The smallest absolute Gasteiger partial charge is 0.240 e. The van der Waals surface area contributed by atoms with Crippen LogP contribution in [0.5, 0.6) is 0 Å². The largest absolute Gasteiger partial charge is 0.325 e. The minimum atomic E-state index is -0.546. The molecular weight excluding hydrogens is 437 g/mol. The number of fused-ring (bicyclic) bond motifs is 1. The number of rotatable bonds is 4. The van der Waals surface area contributed by atoms with E-state index in [-0.39, 0.29) is 11.7 Å². The van der Waals surface area contributed by atoms with E-state index < -0.39 is 11.3 Å². The van der Waals surface area contributed by atoms with Gasteiger partial charge < -0.3 is 10.7 Å². The van der Waals surface area contributed by atoms with Crippen molar-refractivity contribution in [2.24, 2.45) is 0 Å². The van der Waals surface area contributed by atoms with E-state index in [1.54, 1.807) is 16.8 Å². The summed E-state index contributed by atoms with van der Waals surface area (Å²) >= 11 is 1.34. The van der Waals surface area contributed by atoms with Gasteiger partial charge in [-0.2, -0.15) is 0 Å². The van der Waals surface area contributed by atoms with Crippen molar-refractivity contribution < 1.29 is 9.18 Å². The van der Waals surface area contributed by atoms with Crippen LogP contribution in [0.4, 0.5) is 10.1 Å². The molecule has 166 valence electrons. The van der Waals surface area contributed by atoms with Crippen molar-refractivity contribution in [2.75, 3.05) is 10.7 Å². The number of nitrogens with one attached hydrogen (secondary N) is 2. The van der Waals surface area contributed by atoms with Gasteiger partial charge in [-0.15, -0.1) is 10.2 Å². The lowest BCUT2D eigenvalue weighted by Gasteiger charge is -2.33. The van der Waals surface area contributed by atoms with Crippen molar-refractivity contribution in [3.63, 3.8) is 0 Å². The second-order valence-electron chi connectivity index (χ2n) is 8.01. The summed E-state index contributed by atoms with van der Waals surface area (Å²) < 4.78 is 15.4. The minimum absolute atomic E-state index is 0.161. The van der Waals surface area contributed by atoms with Gasteiger partial charge in [-0.25, -0.2) is 9.07 Å². The molecule has 2 heterocycles. The number of carbonyl (C=O) groups is 1. The molecule has 0 unspecified atom stereocenters. The molecule has 2 atom stereocenters. The van der Waals surface area contributed by atoms with Crippen molar-refractivity contribution in [3.8, 4) is 11.4 Å². The van der Waals surface area contributed by atoms with E-state index in [1.165, 1.54) is 23.9 Å². The molecule has 6 nitrogen and oxygen atoms in total. The number of halogens is 1. The van der Waals surface area contributed by atoms with Gasteiger partial charge in [0.2, 0.25) is 11.1 Å². The summed E-state index contributed by atoms with van der Waals surface area (Å²) in [5, 5.41) is 11.8. The molecule has 0 bridgehead atoms. The van der Waals surface area contributed by atoms with Crippen LogP contribution in [0.15, 0.2) is 78.0 Å². The number of amides is 1. The topological polar surface area (TPSA) is 71.8 Å². The molecule has 1 amide bonds. The average molecular weight is 460 g/mol. The lowest BCUT2D eigenvalue weighted by Crippen LogP contribution is -2.41. The summed E-state index contributed by atoms with van der Waals surface area (Å²) in [7, 11) is 0. The summed E-state index contributed by atoms with van der Waals surface area (Å²) in [6.07, 6.45) is 0. The Morgan fingerprint density at radius 2 is 1.79 bits per heavy atom. The molecule has 0 saturated carbocycles. The van der Waals surface area contributed by atoms with Crippen LogP contribution < -0.4 is 10.7 Å². The molecule has 1 aromatic heterocycles. The van der Waals surface area contributed by atoms with Gasteiger partial charge in [-0.05, 0) is 48.7 Å². The fraction of sp³-hybridized carbons (Fsp3) is 0.160. The lowest BCUT2D eigenvalue weighted by atomic mass is 10.0. The van der Waals surface area contributed by atoms with Crippen molar-refractivity contribution in [2.45, 2.75) is 30.3 Å². The monoisotopic (exact) mass is 459 g/mol. The van der Waals surface area contributed by atoms with Gasteiger partial charge in [0.1, 0.15) is 11.1 Å². The number of benzene rings is 3. The van der Waals surface area contributed by atoms with Crippen molar-refractivity contribution in [1.29, 1.82) is 0 Å². The Morgan fingerprint density at radius 3 is 2.55 bits per heavy atom. The third kappa shape index (κ3) is 4.21. The normalized spacial score (nSPS) is 17.2. The summed E-state index contributed by atoms with van der Waals surface area (Å²) in [5.74, 6) is 0.165. The molecule has 0 spiro atoms. The standard InChI is InChI=1S/C25H22FN5OS/c1-15-8-9-16(2)20(14-15)27-24(32)22-21(17-10-12-19(26)13-11-17)30-31-23(28-29-25(31)33-22)18-6-4-3-5-7-18/h3-14,21-22,30H,1-2H3,(H,27,32)/t21-,22+/m1/s1. The highest BCUT2D eigenvalue weighted by atomic mass is 32.2. The number of hydrogen-bond acceptors (Lipinski definition) is 5. The van der Waals surface area contributed by atoms with Crippen LogP contribution in [0, 0.1) is 19.7 Å². The Bertz CT molecular complexity index is 1310. The maximum absolute atomic E-state index is 13.6. The summed E-state index contributed by atoms with van der Waals surface area (Å²) in [6, 6.07) is 21.4. The van der Waals surface area contributed by atoms with Gasteiger partial charge in [-0.1, -0.05) is 66.4 Å². The van der Waals surface area contributed by atoms with E-state index in [2.05, 4.69) is 20.9 Å². The number of hydrogen-bond donors (Lipinski definition) is 2. The van der Waals surface area contributed by atoms with E-state index in [0.29, 0.717) is 11.0 Å². The number of aromatic nitrogens is 3. The minimum Gasteiger partial charge on any atom is -0.325 e. The Balaban J connectivity index is 1.52. The third-order valence-corrected chi connectivity index (χ3v) is 6.82. The van der Waals surface area contributed by atoms with Crippen LogP contribution in [0.25, 0.3) is 11.4 Å². The molecule has 0 radical (unpaired) electrons. The predicted octanol–water partition coefficient (Wildman–Crippen LogP) is 5.10. The maximum atomic E-state index is 13.6. The van der Waals surface area contributed by atoms with Gasteiger partial charge >= 0.3 is 0 Å². The first-order valence-corrected chi connectivity index (χ1v) is 11.5. The molecular formula is C25H22FN5OS. The van der Waals surface area contributed by atoms with E-state index in [1.807, 2.05) is 62.4 Å². The molecule has 4 aromatic rings. The molecule has 2 N–H and O–H groups in total. The Hall–Kier alpha value is -3.65. The van der Waals surface area contributed by atoms with Gasteiger partial charge in [0.05, 0.1) is 6.04 Å². The van der Waals surface area contributed by atoms with E-state index in [4.69, 9.17) is 0 Å². The second kappa shape index (κ2) is 8.71. The number of aryl methyl sites for hydroxylation is 2. The van der Waals surface area contributed by atoms with Crippen LogP contribution in [0.3, 0.4) is 0 Å². The van der Waals surface area contributed by atoms with Crippen LogP contribution in [-0.2, 0) is 4.79 Å². The first kappa shape index (κ1) is 21.2. The van der Waals surface area contributed by atoms with Gasteiger partial charge in [-0.3, -0.25) is 4.79 Å². The fourth-order valence-corrected chi connectivity index (χ4v) is 4.90. The first-order valence-electron chi connectivity index (χ1n) is 10.6. The van der Waals surface area contributed by atoms with Crippen LogP contribution in [0.2, 0.25) is 0 Å². The Kier molecular flexibility index (Phi) is 5.60. The third-order valence-electron chi connectivity index (χ3n) is 5.61. The van der Waals surface area contributed by atoms with Gasteiger partial charge in [0.25, 0.3) is 0 Å². The van der Waals surface area contributed by atoms with Crippen molar-refractivity contribution in [1.82, 2.24) is 14.9 Å². The van der Waals surface area contributed by atoms with Crippen LogP contribution in [-0.4, -0.2) is 26.0 Å². The first-order chi connectivity index (χ1) is 16.0. The van der Waals surface area contributed by atoms with Crippen molar-refractivity contribution >= 4 is 23.4 Å². The average Bonchev–Trinajstić information content (AvgIpc) is 3.25. The highest BCUT2D eigenvalue weighted by molar-refractivity contribution is 8.00. The van der Waals surface area contributed by atoms with Gasteiger partial charge in [0.15, 0.2) is 5.82 Å². The zero-order valence-corrected chi connectivity index (χ0v) is 18.9. The molecule has 0 saturated heterocycles. The molecule has 5 rings (SSSR count). The second-order valence-corrected chi connectivity index (χ2v) is 9.12. The van der Waals surface area contributed by atoms with E-state index >= 15 is 0 Å². The summed E-state index contributed by atoms with van der Waals surface area (Å²) in [5.41, 5.74) is 7.93. The van der Waals surface area contributed by atoms with Crippen molar-refractivity contribution in [3.05, 3.63) is 95.3 Å². The van der Waals surface area contributed by atoms with Crippen LogP contribution >= 0.6 is 11.8 Å². The SMILES string of the molecule is Cc1ccc(C)c(NC(=O)[C@H]2Sc3nnc(-c4ccccc4)n3N[C@@H]2c2ccc(F)cc2)c1. The molecule has 1 aliphatic rings. The predicted molar refractivity (Wildman–Crippen MR) is 128 cm³/mol. The highest BCUT2D eigenvalue weighted by Gasteiger charge is 2.38.